The van der Waals surface area contributed by atoms with Crippen LogP contribution in [0, 0.1) is 11.8 Å². The molecule has 0 heterocycles. The molecule has 2 saturated carbocycles. The van der Waals surface area contributed by atoms with Gasteiger partial charge in [0.1, 0.15) is 0 Å². The quantitative estimate of drug-likeness (QED) is 0.778. The molecule has 3 atom stereocenters. The Kier molecular flexibility index (Phi) is 4.26. The van der Waals surface area contributed by atoms with Crippen molar-refractivity contribution >= 4 is 0 Å². The Bertz CT molecular complexity index is 213. The van der Waals surface area contributed by atoms with Crippen molar-refractivity contribution in [3.63, 3.8) is 0 Å². The van der Waals surface area contributed by atoms with E-state index in [1.54, 1.807) is 0 Å². The molecule has 2 heteroatoms. The van der Waals surface area contributed by atoms with Crippen molar-refractivity contribution in [1.29, 1.82) is 0 Å². The van der Waals surface area contributed by atoms with Crippen molar-refractivity contribution in [2.75, 3.05) is 13.6 Å². The summed E-state index contributed by atoms with van der Waals surface area (Å²) in [6, 6.07) is 1.30. The highest BCUT2D eigenvalue weighted by Crippen LogP contribution is 2.33. The van der Waals surface area contributed by atoms with Gasteiger partial charge in [-0.1, -0.05) is 19.8 Å². The van der Waals surface area contributed by atoms with Gasteiger partial charge in [-0.25, -0.2) is 0 Å². The monoisotopic (exact) mass is 224 g/mol. The van der Waals surface area contributed by atoms with E-state index in [2.05, 4.69) is 18.9 Å². The van der Waals surface area contributed by atoms with E-state index < -0.39 is 0 Å². The zero-order chi connectivity index (χ0) is 11.5. The summed E-state index contributed by atoms with van der Waals surface area (Å²) in [6.45, 7) is 3.60. The molecule has 2 nitrogen and oxygen atoms in total. The molecule has 2 aliphatic carbocycles. The fourth-order valence-electron chi connectivity index (χ4n) is 3.10. The van der Waals surface area contributed by atoms with Crippen LogP contribution in [0.3, 0.4) is 0 Å². The lowest BCUT2D eigenvalue weighted by molar-refractivity contribution is 0.159. The Morgan fingerprint density at radius 3 is 2.62 bits per heavy atom. The highest BCUT2D eigenvalue weighted by atomic mass is 15.1. The summed E-state index contributed by atoms with van der Waals surface area (Å²) >= 11 is 0. The second-order valence-corrected chi connectivity index (χ2v) is 6.20. The van der Waals surface area contributed by atoms with Gasteiger partial charge >= 0.3 is 0 Å². The third-order valence-corrected chi connectivity index (χ3v) is 4.57. The lowest BCUT2D eigenvalue weighted by Gasteiger charge is -2.34. The van der Waals surface area contributed by atoms with Gasteiger partial charge in [-0.3, -0.25) is 0 Å². The second-order valence-electron chi connectivity index (χ2n) is 6.20. The fourth-order valence-corrected chi connectivity index (χ4v) is 3.10. The topological polar surface area (TPSA) is 29.3 Å². The number of hydrogen-bond acceptors (Lipinski definition) is 2. The van der Waals surface area contributed by atoms with E-state index >= 15 is 0 Å². The molecule has 0 spiro atoms. The molecule has 2 rings (SSSR count). The molecular formula is C14H28N2. The van der Waals surface area contributed by atoms with Crippen LogP contribution in [0.1, 0.15) is 51.9 Å². The molecule has 0 aliphatic heterocycles. The van der Waals surface area contributed by atoms with Crippen molar-refractivity contribution in [1.82, 2.24) is 4.90 Å². The van der Waals surface area contributed by atoms with E-state index in [-0.39, 0.29) is 0 Å². The predicted octanol–water partition coefficient (Wildman–Crippen LogP) is 2.62. The van der Waals surface area contributed by atoms with Crippen LogP contribution in [0.25, 0.3) is 0 Å². The lowest BCUT2D eigenvalue weighted by Crippen LogP contribution is -2.38. The highest BCUT2D eigenvalue weighted by molar-refractivity contribution is 4.85. The summed E-state index contributed by atoms with van der Waals surface area (Å²) in [7, 11) is 2.29. The predicted molar refractivity (Wildman–Crippen MR) is 69.4 cm³/mol. The molecule has 2 fully saturated rings. The largest absolute Gasteiger partial charge is 0.327 e. The molecule has 2 N–H and O–H groups in total. The molecule has 3 unspecified atom stereocenters. The number of rotatable bonds is 5. The van der Waals surface area contributed by atoms with Crippen LogP contribution in [0.5, 0.6) is 0 Å². The first kappa shape index (κ1) is 12.4. The average molecular weight is 224 g/mol. The van der Waals surface area contributed by atoms with Crippen molar-refractivity contribution in [3.8, 4) is 0 Å². The highest BCUT2D eigenvalue weighted by Gasteiger charge is 2.29. The van der Waals surface area contributed by atoms with Crippen molar-refractivity contribution in [3.05, 3.63) is 0 Å². The van der Waals surface area contributed by atoms with Crippen molar-refractivity contribution < 1.29 is 0 Å². The number of nitrogens with zero attached hydrogens (tertiary/aromatic N) is 1. The van der Waals surface area contributed by atoms with Gasteiger partial charge in [0.15, 0.2) is 0 Å². The van der Waals surface area contributed by atoms with Crippen LogP contribution in [-0.4, -0.2) is 30.6 Å². The first-order valence-corrected chi connectivity index (χ1v) is 7.12. The van der Waals surface area contributed by atoms with Crippen molar-refractivity contribution in [2.45, 2.75) is 64.0 Å². The fraction of sp³-hybridized carbons (Fsp3) is 1.00. The van der Waals surface area contributed by atoms with Gasteiger partial charge in [-0.05, 0) is 57.5 Å². The van der Waals surface area contributed by atoms with Gasteiger partial charge in [0.25, 0.3) is 0 Å². The van der Waals surface area contributed by atoms with Gasteiger partial charge < -0.3 is 10.6 Å². The van der Waals surface area contributed by atoms with Gasteiger partial charge in [0.2, 0.25) is 0 Å². The average Bonchev–Trinajstić information content (AvgIpc) is 3.09. The Morgan fingerprint density at radius 2 is 2.00 bits per heavy atom. The van der Waals surface area contributed by atoms with Crippen molar-refractivity contribution in [2.24, 2.45) is 17.6 Å². The first-order chi connectivity index (χ1) is 7.66. The third kappa shape index (κ3) is 3.46. The van der Waals surface area contributed by atoms with E-state index in [9.17, 15) is 0 Å². The molecule has 0 saturated heterocycles. The molecule has 16 heavy (non-hydrogen) atoms. The van der Waals surface area contributed by atoms with Gasteiger partial charge in [0.05, 0.1) is 0 Å². The van der Waals surface area contributed by atoms with E-state index in [1.165, 1.54) is 51.5 Å². The van der Waals surface area contributed by atoms with Crippen LogP contribution in [-0.2, 0) is 0 Å². The molecule has 0 amide bonds. The minimum Gasteiger partial charge on any atom is -0.327 e. The van der Waals surface area contributed by atoms with Crippen LogP contribution < -0.4 is 5.73 Å². The summed E-state index contributed by atoms with van der Waals surface area (Å²) < 4.78 is 0. The normalized spacial score (nSPS) is 33.0. The minimum atomic E-state index is 0.475. The Morgan fingerprint density at radius 1 is 1.25 bits per heavy atom. The summed E-state index contributed by atoms with van der Waals surface area (Å²) in [5.74, 6) is 1.79. The van der Waals surface area contributed by atoms with Crippen LogP contribution in [0.15, 0.2) is 0 Å². The Balaban J connectivity index is 1.67. The smallest absolute Gasteiger partial charge is 0.00947 e. The van der Waals surface area contributed by atoms with Gasteiger partial charge in [-0.2, -0.15) is 0 Å². The van der Waals surface area contributed by atoms with Crippen LogP contribution in [0.2, 0.25) is 0 Å². The molecule has 0 aromatic heterocycles. The summed E-state index contributed by atoms with van der Waals surface area (Å²) in [6.07, 6.45) is 9.62. The third-order valence-electron chi connectivity index (χ3n) is 4.57. The maximum absolute atomic E-state index is 6.16. The maximum atomic E-state index is 6.16. The molecule has 0 aromatic carbocycles. The number of hydrogen-bond donors (Lipinski definition) is 1. The number of nitrogens with two attached hydrogens (primary N) is 1. The molecule has 0 aromatic rings. The molecule has 0 radical (unpaired) electrons. The summed E-state index contributed by atoms with van der Waals surface area (Å²) in [5.41, 5.74) is 6.16. The van der Waals surface area contributed by atoms with Crippen LogP contribution in [0.4, 0.5) is 0 Å². The molecule has 2 aliphatic rings. The minimum absolute atomic E-state index is 0.475. The second kappa shape index (κ2) is 5.50. The van der Waals surface area contributed by atoms with Crippen LogP contribution >= 0.6 is 0 Å². The van der Waals surface area contributed by atoms with E-state index in [4.69, 9.17) is 5.73 Å². The maximum Gasteiger partial charge on any atom is 0.00947 e. The molecular weight excluding hydrogens is 196 g/mol. The molecule has 94 valence electrons. The van der Waals surface area contributed by atoms with Gasteiger partial charge in [0, 0.05) is 12.1 Å². The van der Waals surface area contributed by atoms with Gasteiger partial charge in [-0.15, -0.1) is 0 Å². The van der Waals surface area contributed by atoms with E-state index in [0.717, 1.165) is 17.9 Å². The summed E-state index contributed by atoms with van der Waals surface area (Å²) in [4.78, 5) is 2.57. The Labute approximate surface area is 101 Å². The standard InChI is InChI=1S/C14H28N2/c1-11-4-3-5-13(10-11)16(2)9-8-14(15)12-6-7-12/h11-14H,3-10,15H2,1-2H3. The van der Waals surface area contributed by atoms with E-state index in [1.807, 2.05) is 0 Å². The first-order valence-electron chi connectivity index (χ1n) is 7.12. The summed E-state index contributed by atoms with van der Waals surface area (Å²) in [5, 5.41) is 0. The SMILES string of the molecule is CC1CCCC(N(C)CCC(N)C2CC2)C1. The zero-order valence-corrected chi connectivity index (χ0v) is 11.0. The van der Waals surface area contributed by atoms with E-state index in [0.29, 0.717) is 6.04 Å². The zero-order valence-electron chi connectivity index (χ0n) is 11.0. The lowest BCUT2D eigenvalue weighted by atomic mass is 9.86. The molecule has 0 bridgehead atoms. The Hall–Kier alpha value is -0.0800.